The summed E-state index contributed by atoms with van der Waals surface area (Å²) in [7, 11) is 0. The Kier molecular flexibility index (Phi) is 4.88. The first kappa shape index (κ1) is 18.2. The summed E-state index contributed by atoms with van der Waals surface area (Å²) in [6, 6.07) is 1.65. The van der Waals surface area contributed by atoms with E-state index < -0.39 is 0 Å². The molecule has 5 rings (SSSR count). The third kappa shape index (κ3) is 3.57. The monoisotopic (exact) mass is 417 g/mol. The van der Waals surface area contributed by atoms with Crippen molar-refractivity contribution in [2.45, 2.75) is 44.4 Å². The van der Waals surface area contributed by atoms with Crippen LogP contribution in [0.3, 0.4) is 0 Å². The lowest BCUT2D eigenvalue weighted by Crippen LogP contribution is -2.53. The molecule has 1 N–H and O–H groups in total. The Balaban J connectivity index is 1.17. The minimum atomic E-state index is -0.0925. The molecule has 0 aromatic carbocycles. The standard InChI is InChI=1S/C19H23N5O2S2/c25-17-7-13-11-27-6-5-14(13)22-24(17)10-12-8-23(9-12)19(26)21-18-20-15-3-1-2-4-16(15)28-18/h7,12H,1-6,8-11H2,(H,20,21,26). The van der Waals surface area contributed by atoms with E-state index in [9.17, 15) is 9.59 Å². The summed E-state index contributed by atoms with van der Waals surface area (Å²) < 4.78 is 1.59. The number of urea groups is 1. The molecule has 3 aliphatic rings. The maximum Gasteiger partial charge on any atom is 0.323 e. The lowest BCUT2D eigenvalue weighted by atomic mass is 10.0. The van der Waals surface area contributed by atoms with Crippen LogP contribution in [0.4, 0.5) is 9.93 Å². The van der Waals surface area contributed by atoms with Gasteiger partial charge in [0, 0.05) is 42.1 Å². The van der Waals surface area contributed by atoms with Crippen LogP contribution < -0.4 is 10.9 Å². The number of anilines is 1. The van der Waals surface area contributed by atoms with Crippen molar-refractivity contribution in [2.75, 3.05) is 24.2 Å². The smallest absolute Gasteiger partial charge is 0.323 e. The number of likely N-dealkylation sites (tertiary alicyclic amines) is 1. The normalized spacial score (nSPS) is 18.9. The van der Waals surface area contributed by atoms with Crippen LogP contribution >= 0.6 is 23.1 Å². The van der Waals surface area contributed by atoms with Gasteiger partial charge in [-0.3, -0.25) is 10.1 Å². The van der Waals surface area contributed by atoms with E-state index in [1.807, 2.05) is 11.8 Å². The van der Waals surface area contributed by atoms with E-state index in [1.54, 1.807) is 27.0 Å². The molecular weight excluding hydrogens is 394 g/mol. The van der Waals surface area contributed by atoms with Crippen molar-refractivity contribution < 1.29 is 4.79 Å². The van der Waals surface area contributed by atoms with Crippen molar-refractivity contribution in [1.29, 1.82) is 0 Å². The number of fused-ring (bicyclic) bond motifs is 2. The first-order chi connectivity index (χ1) is 13.7. The number of nitrogens with zero attached hydrogens (tertiary/aromatic N) is 4. The SMILES string of the molecule is O=C(Nc1nc2c(s1)CCCC2)N1CC(Cn2nc3c(cc2=O)CSCC3)C1. The summed E-state index contributed by atoms with van der Waals surface area (Å²) in [5.41, 5.74) is 3.26. The molecule has 2 amide bonds. The summed E-state index contributed by atoms with van der Waals surface area (Å²) >= 11 is 3.46. The van der Waals surface area contributed by atoms with Crippen LogP contribution in [0.15, 0.2) is 10.9 Å². The minimum Gasteiger partial charge on any atom is -0.324 e. The fourth-order valence-corrected chi connectivity index (χ4v) is 6.05. The Morgan fingerprint density at radius 2 is 2.07 bits per heavy atom. The number of carbonyl (C=O) groups is 1. The van der Waals surface area contributed by atoms with Crippen molar-refractivity contribution in [3.63, 3.8) is 0 Å². The summed E-state index contributed by atoms with van der Waals surface area (Å²) in [6.45, 7) is 1.88. The summed E-state index contributed by atoms with van der Waals surface area (Å²) in [5, 5.41) is 8.23. The molecule has 2 aromatic rings. The second kappa shape index (κ2) is 7.51. The summed E-state index contributed by atoms with van der Waals surface area (Å²) in [6.07, 6.45) is 5.43. The number of hydrogen-bond donors (Lipinski definition) is 1. The highest BCUT2D eigenvalue weighted by Gasteiger charge is 2.32. The second-order valence-electron chi connectivity index (χ2n) is 7.74. The van der Waals surface area contributed by atoms with Gasteiger partial charge in [0.25, 0.3) is 5.56 Å². The number of hydrogen-bond acceptors (Lipinski definition) is 6. The molecule has 0 atom stereocenters. The molecule has 28 heavy (non-hydrogen) atoms. The second-order valence-corrected chi connectivity index (χ2v) is 9.93. The van der Waals surface area contributed by atoms with Crippen LogP contribution in [0.1, 0.15) is 34.7 Å². The average Bonchev–Trinajstić information content (AvgIpc) is 3.06. The van der Waals surface area contributed by atoms with E-state index in [4.69, 9.17) is 0 Å². The van der Waals surface area contributed by atoms with E-state index in [2.05, 4.69) is 15.4 Å². The van der Waals surface area contributed by atoms with Crippen LogP contribution in [0.2, 0.25) is 0 Å². The van der Waals surface area contributed by atoms with Gasteiger partial charge in [-0.15, -0.1) is 11.3 Å². The van der Waals surface area contributed by atoms with E-state index in [0.717, 1.165) is 47.7 Å². The van der Waals surface area contributed by atoms with Gasteiger partial charge in [-0.1, -0.05) is 0 Å². The Hall–Kier alpha value is -1.87. The first-order valence-electron chi connectivity index (χ1n) is 9.88. The van der Waals surface area contributed by atoms with Crippen molar-refractivity contribution in [1.82, 2.24) is 19.7 Å². The Labute approximate surface area is 171 Å². The first-order valence-corrected chi connectivity index (χ1v) is 11.8. The Morgan fingerprint density at radius 1 is 1.21 bits per heavy atom. The average molecular weight is 418 g/mol. The highest BCUT2D eigenvalue weighted by molar-refractivity contribution is 7.98. The zero-order valence-electron chi connectivity index (χ0n) is 15.6. The molecule has 0 saturated carbocycles. The number of nitrogens with one attached hydrogen (secondary N) is 1. The van der Waals surface area contributed by atoms with Crippen LogP contribution in [0, 0.1) is 5.92 Å². The fraction of sp³-hybridized carbons (Fsp3) is 0.579. The maximum absolute atomic E-state index is 12.5. The van der Waals surface area contributed by atoms with E-state index in [0.29, 0.717) is 24.8 Å². The molecule has 0 unspecified atom stereocenters. The predicted molar refractivity (Wildman–Crippen MR) is 111 cm³/mol. The lowest BCUT2D eigenvalue weighted by molar-refractivity contribution is 0.116. The molecule has 1 aliphatic carbocycles. The van der Waals surface area contributed by atoms with Crippen molar-refractivity contribution in [2.24, 2.45) is 5.92 Å². The summed E-state index contributed by atoms with van der Waals surface area (Å²) in [4.78, 5) is 32.4. The molecule has 1 fully saturated rings. The number of aryl methyl sites for hydroxylation is 3. The third-order valence-corrected chi connectivity index (χ3v) is 7.72. The number of rotatable bonds is 3. The zero-order valence-corrected chi connectivity index (χ0v) is 17.3. The van der Waals surface area contributed by atoms with Gasteiger partial charge in [-0.05, 0) is 37.0 Å². The lowest BCUT2D eigenvalue weighted by Gasteiger charge is -2.38. The molecule has 7 nitrogen and oxygen atoms in total. The van der Waals surface area contributed by atoms with Gasteiger partial charge in [-0.2, -0.15) is 16.9 Å². The molecular formula is C19H23N5O2S2. The third-order valence-electron chi connectivity index (χ3n) is 5.64. The predicted octanol–water partition coefficient (Wildman–Crippen LogP) is 2.53. The molecule has 9 heteroatoms. The Bertz CT molecular complexity index is 940. The molecule has 0 spiro atoms. The van der Waals surface area contributed by atoms with Gasteiger partial charge in [-0.25, -0.2) is 14.5 Å². The van der Waals surface area contributed by atoms with Crippen molar-refractivity contribution >= 4 is 34.3 Å². The van der Waals surface area contributed by atoms with E-state index >= 15 is 0 Å². The zero-order chi connectivity index (χ0) is 19.1. The highest BCUT2D eigenvalue weighted by atomic mass is 32.2. The minimum absolute atomic E-state index is 0.0301. The highest BCUT2D eigenvalue weighted by Crippen LogP contribution is 2.30. The van der Waals surface area contributed by atoms with Gasteiger partial charge < -0.3 is 4.90 Å². The van der Waals surface area contributed by atoms with Gasteiger partial charge in [0.05, 0.1) is 17.9 Å². The molecule has 0 radical (unpaired) electrons. The van der Waals surface area contributed by atoms with E-state index in [1.165, 1.54) is 17.7 Å². The van der Waals surface area contributed by atoms with Crippen LogP contribution in [0.25, 0.3) is 0 Å². The van der Waals surface area contributed by atoms with Crippen LogP contribution in [-0.4, -0.2) is 44.5 Å². The van der Waals surface area contributed by atoms with Crippen LogP contribution in [-0.2, 0) is 31.6 Å². The quantitative estimate of drug-likeness (QED) is 0.830. The Morgan fingerprint density at radius 3 is 2.93 bits per heavy atom. The number of thiazole rings is 1. The number of carbonyl (C=O) groups excluding carboxylic acids is 1. The number of aromatic nitrogens is 3. The van der Waals surface area contributed by atoms with Gasteiger partial charge in [0.15, 0.2) is 5.13 Å². The molecule has 1 saturated heterocycles. The fourth-order valence-electron chi connectivity index (χ4n) is 4.06. The maximum atomic E-state index is 12.5. The molecule has 4 heterocycles. The van der Waals surface area contributed by atoms with Gasteiger partial charge >= 0.3 is 6.03 Å². The van der Waals surface area contributed by atoms with Crippen molar-refractivity contribution in [3.8, 4) is 0 Å². The van der Waals surface area contributed by atoms with Gasteiger partial charge in [0.2, 0.25) is 0 Å². The number of thioether (sulfide) groups is 1. The molecule has 0 bridgehead atoms. The van der Waals surface area contributed by atoms with Crippen LogP contribution in [0.5, 0.6) is 0 Å². The number of amides is 2. The molecule has 148 valence electrons. The largest absolute Gasteiger partial charge is 0.324 e. The molecule has 2 aromatic heterocycles. The van der Waals surface area contributed by atoms with Crippen molar-refractivity contribution in [3.05, 3.63) is 38.2 Å². The topological polar surface area (TPSA) is 80.1 Å². The van der Waals surface area contributed by atoms with Gasteiger partial charge in [0.1, 0.15) is 0 Å². The summed E-state index contributed by atoms with van der Waals surface area (Å²) in [5.74, 6) is 2.22. The van der Waals surface area contributed by atoms with E-state index in [-0.39, 0.29) is 17.5 Å². The molecule has 2 aliphatic heterocycles.